The number of rotatable bonds is 11. The number of aryl methyl sites for hydroxylation is 2. The van der Waals surface area contributed by atoms with E-state index in [4.69, 9.17) is 31.7 Å². The summed E-state index contributed by atoms with van der Waals surface area (Å²) in [7, 11) is 0. The molecule has 0 N–H and O–H groups in total. The molecule has 0 unspecified atom stereocenters. The molecule has 4 heterocycles. The molecule has 0 aliphatic heterocycles. The molecular formula is C35H28N4O11. The zero-order chi connectivity index (χ0) is 34.9. The summed E-state index contributed by atoms with van der Waals surface area (Å²) in [5.41, 5.74) is 4.00. The van der Waals surface area contributed by atoms with Gasteiger partial charge in [-0.2, -0.15) is 4.98 Å². The molecule has 15 nitrogen and oxygen atoms in total. The number of esters is 1. The lowest BCUT2D eigenvalue weighted by molar-refractivity contribution is 0.0444. The molecule has 0 saturated carbocycles. The number of hydrogen-bond acceptors (Lipinski definition) is 13. The first-order chi connectivity index (χ1) is 24.2. The van der Waals surface area contributed by atoms with Crippen molar-refractivity contribution in [2.24, 2.45) is 0 Å². The highest BCUT2D eigenvalue weighted by Gasteiger charge is 2.24. The van der Waals surface area contributed by atoms with E-state index in [2.05, 4.69) is 10.1 Å². The molecular weight excluding hydrogens is 652 g/mol. The molecule has 254 valence electrons. The minimum atomic E-state index is -0.890. The largest absolute Gasteiger partial charge is 0.519 e. The molecule has 0 saturated heterocycles. The Balaban J connectivity index is 1.32. The summed E-state index contributed by atoms with van der Waals surface area (Å²) in [6.07, 6.45) is 0. The summed E-state index contributed by atoms with van der Waals surface area (Å²) in [4.78, 5) is 54.2. The van der Waals surface area contributed by atoms with Gasteiger partial charge in [-0.1, -0.05) is 53.7 Å². The molecule has 7 rings (SSSR count). The van der Waals surface area contributed by atoms with Gasteiger partial charge in [0.15, 0.2) is 29.7 Å². The molecule has 0 bridgehead atoms. The molecule has 0 aliphatic rings. The number of fused-ring (bicyclic) bond motifs is 1. The van der Waals surface area contributed by atoms with Crippen LogP contribution in [-0.2, 0) is 24.4 Å². The summed E-state index contributed by atoms with van der Waals surface area (Å²) in [6.45, 7) is 4.90. The zero-order valence-electron chi connectivity index (χ0n) is 27.0. The molecule has 0 spiro atoms. The van der Waals surface area contributed by atoms with Crippen LogP contribution in [0.2, 0.25) is 0 Å². The van der Waals surface area contributed by atoms with Crippen LogP contribution in [0.1, 0.15) is 45.9 Å². The average molecular weight is 681 g/mol. The van der Waals surface area contributed by atoms with Crippen molar-refractivity contribution in [1.29, 1.82) is 0 Å². The van der Waals surface area contributed by atoms with Crippen molar-refractivity contribution in [3.63, 3.8) is 0 Å². The molecule has 7 aromatic rings. The molecule has 0 aliphatic carbocycles. The lowest BCUT2D eigenvalue weighted by Crippen LogP contribution is -2.17. The molecule has 4 aromatic heterocycles. The smallest absolute Gasteiger partial charge is 0.465 e. The van der Waals surface area contributed by atoms with Crippen LogP contribution in [0.5, 0.6) is 6.01 Å². The van der Waals surface area contributed by atoms with Crippen molar-refractivity contribution < 1.29 is 36.5 Å². The number of aromatic nitrogens is 4. The highest BCUT2D eigenvalue weighted by molar-refractivity contribution is 6.02. The maximum atomic E-state index is 13.4. The summed E-state index contributed by atoms with van der Waals surface area (Å²) < 4.78 is 39.5. The SMILES string of the molecule is CCOc1nc2cccc(C(=O)OCc3oc(=O)oc3C)c2n1Cc1ccc(-c2ccccc2)c(-c2noc(=O)n2Cc2oc(=O)oc2C)c1. The Morgan fingerprint density at radius 2 is 1.54 bits per heavy atom. The van der Waals surface area contributed by atoms with Crippen LogP contribution < -0.4 is 22.1 Å². The van der Waals surface area contributed by atoms with E-state index in [1.54, 1.807) is 29.7 Å². The number of nitrogens with zero attached hydrogens (tertiary/aromatic N) is 4. The van der Waals surface area contributed by atoms with E-state index in [1.807, 2.05) is 55.5 Å². The fraction of sp³-hybridized carbons (Fsp3) is 0.200. The third-order valence-electron chi connectivity index (χ3n) is 7.97. The first-order valence-corrected chi connectivity index (χ1v) is 15.4. The normalized spacial score (nSPS) is 11.3. The molecule has 0 fully saturated rings. The number of hydrogen-bond donors (Lipinski definition) is 0. The van der Waals surface area contributed by atoms with E-state index in [0.29, 0.717) is 23.2 Å². The van der Waals surface area contributed by atoms with Gasteiger partial charge in [0, 0.05) is 5.56 Å². The van der Waals surface area contributed by atoms with Crippen molar-refractivity contribution in [1.82, 2.24) is 19.3 Å². The standard InChI is InChI=1S/C35H28N4O11/c1-4-44-32-36-26-12-8-11-24(31(40)45-18-28-20(3)47-35(43)49-28)29(26)38(32)16-21-13-14-23(22-9-6-5-7-10-22)25(15-21)30-37-50-33(41)39(30)17-27-19(2)46-34(42)48-27/h5-15H,4,16-18H2,1-3H3. The van der Waals surface area contributed by atoms with Gasteiger partial charge in [-0.15, -0.1) is 0 Å². The number of ether oxygens (including phenoxy) is 2. The van der Waals surface area contributed by atoms with Crippen molar-refractivity contribution in [3.05, 3.63) is 133 Å². The molecule has 0 atom stereocenters. The zero-order valence-corrected chi connectivity index (χ0v) is 27.0. The predicted octanol–water partition coefficient (Wildman–Crippen LogP) is 5.08. The minimum Gasteiger partial charge on any atom is -0.465 e. The second-order valence-electron chi connectivity index (χ2n) is 11.1. The fourth-order valence-corrected chi connectivity index (χ4v) is 5.62. The highest BCUT2D eigenvalue weighted by atomic mass is 16.6. The number of benzene rings is 3. The van der Waals surface area contributed by atoms with Gasteiger partial charge < -0.3 is 27.1 Å². The maximum Gasteiger partial charge on any atom is 0.519 e. The molecule has 0 amide bonds. The summed E-state index contributed by atoms with van der Waals surface area (Å²) >= 11 is 0. The van der Waals surface area contributed by atoms with Crippen molar-refractivity contribution in [2.75, 3.05) is 6.61 Å². The summed E-state index contributed by atoms with van der Waals surface area (Å²) in [6, 6.07) is 20.4. The third kappa shape index (κ3) is 6.07. The number of carbonyl (C=O) groups excluding carboxylic acids is 1. The lowest BCUT2D eigenvalue weighted by Gasteiger charge is -2.15. The fourth-order valence-electron chi connectivity index (χ4n) is 5.62. The van der Waals surface area contributed by atoms with Gasteiger partial charge in [0.1, 0.15) is 5.76 Å². The Hall–Kier alpha value is -6.64. The van der Waals surface area contributed by atoms with E-state index in [-0.39, 0.29) is 60.1 Å². The number of imidazole rings is 1. The summed E-state index contributed by atoms with van der Waals surface area (Å²) in [5, 5.41) is 4.12. The van der Waals surface area contributed by atoms with Crippen LogP contribution in [0.15, 0.2) is 103 Å². The minimum absolute atomic E-state index is 0.0986. The number of para-hydroxylation sites is 1. The topological polar surface area (TPSA) is 188 Å². The quantitative estimate of drug-likeness (QED) is 0.165. The van der Waals surface area contributed by atoms with Gasteiger partial charge in [-0.05, 0) is 55.7 Å². The molecule has 0 radical (unpaired) electrons. The van der Waals surface area contributed by atoms with E-state index in [0.717, 1.165) is 16.7 Å². The monoisotopic (exact) mass is 680 g/mol. The van der Waals surface area contributed by atoms with E-state index >= 15 is 0 Å². The van der Waals surface area contributed by atoms with Gasteiger partial charge in [-0.25, -0.2) is 23.7 Å². The van der Waals surface area contributed by atoms with Gasteiger partial charge in [0.2, 0.25) is 0 Å². The highest BCUT2D eigenvalue weighted by Crippen LogP contribution is 2.34. The van der Waals surface area contributed by atoms with Crippen LogP contribution in [-0.4, -0.2) is 31.9 Å². The first kappa shape index (κ1) is 31.9. The predicted molar refractivity (Wildman–Crippen MR) is 174 cm³/mol. The van der Waals surface area contributed by atoms with E-state index < -0.39 is 23.4 Å². The van der Waals surface area contributed by atoms with Gasteiger partial charge in [-0.3, -0.25) is 9.09 Å². The van der Waals surface area contributed by atoms with Crippen LogP contribution in [0.25, 0.3) is 33.5 Å². The second-order valence-corrected chi connectivity index (χ2v) is 11.1. The Labute approximate surface area is 280 Å². The van der Waals surface area contributed by atoms with E-state index in [1.165, 1.54) is 11.5 Å². The molecule has 15 heteroatoms. The van der Waals surface area contributed by atoms with E-state index in [9.17, 15) is 19.2 Å². The molecule has 50 heavy (non-hydrogen) atoms. The van der Waals surface area contributed by atoms with Gasteiger partial charge in [0.05, 0.1) is 36.3 Å². The average Bonchev–Trinajstić information content (AvgIpc) is 3.84. The first-order valence-electron chi connectivity index (χ1n) is 15.4. The van der Waals surface area contributed by atoms with Crippen LogP contribution in [0.3, 0.4) is 0 Å². The van der Waals surface area contributed by atoms with Crippen LogP contribution >= 0.6 is 0 Å². The van der Waals surface area contributed by atoms with Crippen LogP contribution in [0, 0.1) is 13.8 Å². The van der Waals surface area contributed by atoms with Crippen LogP contribution in [0.4, 0.5) is 0 Å². The van der Waals surface area contributed by atoms with Crippen molar-refractivity contribution >= 4 is 17.0 Å². The second kappa shape index (κ2) is 13.1. The Kier molecular flexibility index (Phi) is 8.37. The Morgan fingerprint density at radius 1 is 0.800 bits per heavy atom. The van der Waals surface area contributed by atoms with Crippen molar-refractivity contribution in [3.8, 4) is 28.5 Å². The number of carbonyl (C=O) groups is 1. The molecule has 3 aromatic carbocycles. The van der Waals surface area contributed by atoms with Gasteiger partial charge in [0.25, 0.3) is 6.01 Å². The Morgan fingerprint density at radius 3 is 2.24 bits per heavy atom. The van der Waals surface area contributed by atoms with Crippen molar-refractivity contribution in [2.45, 2.75) is 40.5 Å². The maximum absolute atomic E-state index is 13.4. The Bertz CT molecular complexity index is 2520. The van der Waals surface area contributed by atoms with Gasteiger partial charge >= 0.3 is 23.4 Å². The summed E-state index contributed by atoms with van der Waals surface area (Å²) in [5.74, 6) is -2.36. The third-order valence-corrected chi connectivity index (χ3v) is 7.97. The lowest BCUT2D eigenvalue weighted by atomic mass is 9.96.